The van der Waals surface area contributed by atoms with Crippen LogP contribution in [0.4, 0.5) is 0 Å². The van der Waals surface area contributed by atoms with Gasteiger partial charge in [-0.15, -0.1) is 0 Å². The van der Waals surface area contributed by atoms with Crippen LogP contribution in [0.3, 0.4) is 0 Å². The third-order valence-corrected chi connectivity index (χ3v) is 12.8. The molecule has 0 amide bonds. The summed E-state index contributed by atoms with van der Waals surface area (Å²) < 4.78 is 16.8. The van der Waals surface area contributed by atoms with Crippen molar-refractivity contribution in [3.8, 4) is 0 Å². The average Bonchev–Trinajstić information content (AvgIpc) is 3.15. The van der Waals surface area contributed by atoms with E-state index in [0.29, 0.717) is 19.3 Å². The lowest BCUT2D eigenvalue weighted by Crippen LogP contribution is -2.30. The quantitative estimate of drug-likeness (QED) is 0.0265. The third kappa shape index (κ3) is 43.6. The second-order valence-corrected chi connectivity index (χ2v) is 23.6. The maximum Gasteiger partial charge on any atom is 0.306 e. The number of unbranched alkanes of at least 4 members (excludes halogenated alkanes) is 30. The van der Waals surface area contributed by atoms with E-state index in [4.69, 9.17) is 14.2 Å². The average molecular weight is 795 g/mol. The summed E-state index contributed by atoms with van der Waals surface area (Å²) >= 11 is 0. The van der Waals surface area contributed by atoms with Crippen LogP contribution < -0.4 is 0 Å². The monoisotopic (exact) mass is 795 g/mol. The van der Waals surface area contributed by atoms with Crippen molar-refractivity contribution in [1.82, 2.24) is 0 Å². The van der Waals surface area contributed by atoms with E-state index in [1.165, 1.54) is 160 Å². The van der Waals surface area contributed by atoms with Gasteiger partial charge in [0, 0.05) is 27.3 Å². The van der Waals surface area contributed by atoms with Crippen molar-refractivity contribution in [3.63, 3.8) is 0 Å². The van der Waals surface area contributed by atoms with Gasteiger partial charge in [-0.1, -0.05) is 232 Å². The van der Waals surface area contributed by atoms with Crippen LogP contribution in [0, 0.1) is 0 Å². The summed E-state index contributed by atoms with van der Waals surface area (Å²) in [7, 11) is -0.873. The van der Waals surface area contributed by atoms with E-state index in [1.54, 1.807) is 0 Å². The molecule has 0 bridgehead atoms. The van der Waals surface area contributed by atoms with Gasteiger partial charge < -0.3 is 14.2 Å². The van der Waals surface area contributed by atoms with E-state index in [2.05, 4.69) is 33.5 Å². The van der Waals surface area contributed by atoms with Crippen molar-refractivity contribution in [2.45, 2.75) is 277 Å². The largest absolute Gasteiger partial charge is 0.462 e. The van der Waals surface area contributed by atoms with Gasteiger partial charge in [-0.2, -0.15) is 0 Å². The van der Waals surface area contributed by atoms with Gasteiger partial charge in [0.15, 0.2) is 6.10 Å². The molecule has 0 aromatic heterocycles. The first-order valence-electron chi connectivity index (χ1n) is 24.2. The lowest BCUT2D eigenvalue weighted by atomic mass is 10.1. The first kappa shape index (κ1) is 53.6. The van der Waals surface area contributed by atoms with E-state index in [0.717, 1.165) is 57.8 Å². The Morgan fingerprint density at radius 1 is 0.364 bits per heavy atom. The zero-order chi connectivity index (χ0) is 40.5. The Kier molecular flexibility index (Phi) is 39.8. The van der Waals surface area contributed by atoms with E-state index in [-0.39, 0.29) is 31.1 Å². The SMILES string of the molecule is CCCCCCCCCCCCCC(=O)OCC(COC(=O)CCCCCCCCCCCCC[Si](C)(C)C)OC(=O)CCCCCCCCCCCCC. The molecule has 1 unspecified atom stereocenters. The van der Waals surface area contributed by atoms with E-state index < -0.39 is 14.2 Å². The first-order valence-corrected chi connectivity index (χ1v) is 27.9. The molecule has 0 aliphatic heterocycles. The summed E-state index contributed by atoms with van der Waals surface area (Å²) in [4.78, 5) is 37.8. The van der Waals surface area contributed by atoms with Crippen molar-refractivity contribution in [3.05, 3.63) is 0 Å². The Morgan fingerprint density at radius 3 is 0.909 bits per heavy atom. The molecule has 0 aliphatic rings. The first-order chi connectivity index (χ1) is 26.7. The number of carbonyl (C=O) groups is 3. The van der Waals surface area contributed by atoms with Crippen LogP contribution in [0.15, 0.2) is 0 Å². The number of carbonyl (C=O) groups excluding carboxylic acids is 3. The van der Waals surface area contributed by atoms with Crippen molar-refractivity contribution >= 4 is 26.0 Å². The highest BCUT2D eigenvalue weighted by Gasteiger charge is 2.19. The molecule has 0 aromatic rings. The van der Waals surface area contributed by atoms with Crippen LogP contribution >= 0.6 is 0 Å². The van der Waals surface area contributed by atoms with Gasteiger partial charge in [-0.25, -0.2) is 0 Å². The molecule has 0 spiro atoms. The zero-order valence-corrected chi connectivity index (χ0v) is 38.6. The van der Waals surface area contributed by atoms with Gasteiger partial charge in [0.1, 0.15) is 13.2 Å². The van der Waals surface area contributed by atoms with E-state index in [1.807, 2.05) is 0 Å². The van der Waals surface area contributed by atoms with Crippen molar-refractivity contribution in [1.29, 1.82) is 0 Å². The van der Waals surface area contributed by atoms with Crippen LogP contribution in [0.5, 0.6) is 0 Å². The number of rotatable bonds is 43. The summed E-state index contributed by atoms with van der Waals surface area (Å²) in [5.41, 5.74) is 0. The normalized spacial score (nSPS) is 12.2. The highest BCUT2D eigenvalue weighted by atomic mass is 28.3. The molecule has 0 saturated carbocycles. The molecule has 0 aromatic carbocycles. The molecule has 1 atom stereocenters. The third-order valence-electron chi connectivity index (χ3n) is 10.9. The van der Waals surface area contributed by atoms with Gasteiger partial charge in [0.05, 0.1) is 0 Å². The molecule has 0 N–H and O–H groups in total. The topological polar surface area (TPSA) is 78.9 Å². The molecule has 0 radical (unpaired) electrons. The van der Waals surface area contributed by atoms with Gasteiger partial charge in [0.2, 0.25) is 0 Å². The van der Waals surface area contributed by atoms with Crippen molar-refractivity contribution in [2.24, 2.45) is 0 Å². The van der Waals surface area contributed by atoms with Gasteiger partial charge in [-0.05, 0) is 19.3 Å². The van der Waals surface area contributed by atoms with Crippen molar-refractivity contribution in [2.75, 3.05) is 13.2 Å². The van der Waals surface area contributed by atoms with Crippen LogP contribution in [0.25, 0.3) is 0 Å². The molecule has 0 fully saturated rings. The van der Waals surface area contributed by atoms with E-state index >= 15 is 0 Å². The minimum Gasteiger partial charge on any atom is -0.462 e. The van der Waals surface area contributed by atoms with E-state index in [9.17, 15) is 14.4 Å². The Labute approximate surface area is 343 Å². The molecule has 55 heavy (non-hydrogen) atoms. The Hall–Kier alpha value is -1.37. The summed E-state index contributed by atoms with van der Waals surface area (Å²) in [5.74, 6) is -0.848. The smallest absolute Gasteiger partial charge is 0.306 e. The zero-order valence-electron chi connectivity index (χ0n) is 37.6. The maximum absolute atomic E-state index is 12.7. The minimum absolute atomic E-state index is 0.0628. The van der Waals surface area contributed by atoms with Crippen molar-refractivity contribution < 1.29 is 28.6 Å². The highest BCUT2D eigenvalue weighted by molar-refractivity contribution is 6.76. The number of hydrogen-bond donors (Lipinski definition) is 0. The van der Waals surface area contributed by atoms with Crippen LogP contribution in [0.1, 0.15) is 245 Å². The Balaban J connectivity index is 4.31. The molecule has 0 saturated heterocycles. The molecular weight excluding hydrogens is 701 g/mol. The molecular formula is C48H94O6Si. The Morgan fingerprint density at radius 2 is 0.618 bits per heavy atom. The predicted octanol–water partition coefficient (Wildman–Crippen LogP) is 15.4. The van der Waals surface area contributed by atoms with Crippen LogP contribution in [0.2, 0.25) is 25.7 Å². The Bertz CT molecular complexity index is 856. The summed E-state index contributed by atoms with van der Waals surface area (Å²) in [6.45, 7) is 11.8. The lowest BCUT2D eigenvalue weighted by molar-refractivity contribution is -0.167. The van der Waals surface area contributed by atoms with Gasteiger partial charge in [-0.3, -0.25) is 14.4 Å². The molecule has 0 heterocycles. The summed E-state index contributed by atoms with van der Waals surface area (Å²) in [6, 6.07) is 1.46. The van der Waals surface area contributed by atoms with Gasteiger partial charge in [0.25, 0.3) is 0 Å². The lowest BCUT2D eigenvalue weighted by Gasteiger charge is -2.18. The fourth-order valence-corrected chi connectivity index (χ4v) is 8.57. The predicted molar refractivity (Wildman–Crippen MR) is 238 cm³/mol. The summed E-state index contributed by atoms with van der Waals surface area (Å²) in [6.07, 6.45) is 41.0. The minimum atomic E-state index is -0.873. The molecule has 7 heteroatoms. The highest BCUT2D eigenvalue weighted by Crippen LogP contribution is 2.18. The molecule has 6 nitrogen and oxygen atoms in total. The molecule has 0 rings (SSSR count). The van der Waals surface area contributed by atoms with Gasteiger partial charge >= 0.3 is 17.9 Å². The second kappa shape index (κ2) is 40.8. The standard InChI is InChI=1S/C48H94O6Si/c1-6-8-10-12-14-16-19-23-27-31-35-39-46(49)52-43-45(54-48(51)41-37-33-29-25-20-17-15-13-11-9-7-2)44-53-47(50)40-36-32-28-24-21-18-22-26-30-34-38-42-55(3,4)5/h45H,6-44H2,1-5H3. The van der Waals surface area contributed by atoms with Crippen LogP contribution in [-0.4, -0.2) is 45.3 Å². The second-order valence-electron chi connectivity index (χ2n) is 18.0. The fraction of sp³-hybridized carbons (Fsp3) is 0.938. The number of hydrogen-bond acceptors (Lipinski definition) is 6. The molecule has 0 aliphatic carbocycles. The molecule has 326 valence electrons. The maximum atomic E-state index is 12.7. The fourth-order valence-electron chi connectivity index (χ4n) is 7.26. The van der Waals surface area contributed by atoms with Crippen LogP contribution in [-0.2, 0) is 28.6 Å². The number of esters is 3. The number of ether oxygens (including phenoxy) is 3. The summed E-state index contributed by atoms with van der Waals surface area (Å²) in [5, 5.41) is 0.